The van der Waals surface area contributed by atoms with Crippen LogP contribution in [0.1, 0.15) is 11.1 Å². The zero-order valence-corrected chi connectivity index (χ0v) is 17.3. The van der Waals surface area contributed by atoms with E-state index in [1.54, 1.807) is 41.1 Å². The molecule has 2 rings (SSSR count). The topological polar surface area (TPSA) is 111 Å². The van der Waals surface area contributed by atoms with Gasteiger partial charge >= 0.3 is 12.2 Å². The minimum absolute atomic E-state index is 0.0503. The molecular formula is C19H21ClN2O6S. The molecule has 0 aliphatic rings. The van der Waals surface area contributed by atoms with Crippen molar-refractivity contribution in [3.05, 3.63) is 59.7 Å². The number of nitrogens with one attached hydrogen (secondary N) is 2. The maximum atomic E-state index is 12.2. The number of carbonyl (C=O) groups is 2. The fourth-order valence-electron chi connectivity index (χ4n) is 2.19. The summed E-state index contributed by atoms with van der Waals surface area (Å²) in [6.07, 6.45) is -1.26. The van der Waals surface area contributed by atoms with Gasteiger partial charge in [0.2, 0.25) is 0 Å². The van der Waals surface area contributed by atoms with E-state index in [9.17, 15) is 18.0 Å². The zero-order chi connectivity index (χ0) is 21.3. The molecule has 2 amide bonds. The number of benzene rings is 2. The zero-order valence-electron chi connectivity index (χ0n) is 15.7. The molecular weight excluding hydrogens is 420 g/mol. The molecule has 8 nitrogen and oxygen atoms in total. The van der Waals surface area contributed by atoms with E-state index < -0.39 is 22.2 Å². The first-order valence-corrected chi connectivity index (χ1v) is 10.7. The summed E-state index contributed by atoms with van der Waals surface area (Å²) >= 11 is 5.63. The molecule has 10 heteroatoms. The predicted molar refractivity (Wildman–Crippen MR) is 108 cm³/mol. The highest BCUT2D eigenvalue weighted by molar-refractivity contribution is 7.90. The first kappa shape index (κ1) is 22.5. The second-order valence-electron chi connectivity index (χ2n) is 5.95. The lowest BCUT2D eigenvalue weighted by molar-refractivity contribution is 0.150. The maximum Gasteiger partial charge on any atom is 0.421 e. The lowest BCUT2D eigenvalue weighted by Gasteiger charge is -2.09. The van der Waals surface area contributed by atoms with E-state index in [-0.39, 0.29) is 18.0 Å². The fourth-order valence-corrected chi connectivity index (χ4v) is 3.30. The summed E-state index contributed by atoms with van der Waals surface area (Å²) in [7, 11) is -4.06. The number of rotatable bonds is 8. The SMILES string of the molecule is Cc1ccc(OC(=O)NCCOC(=O)NS(=O)(=O)c2ccc(CCCl)cc2)cc1. The fraction of sp³-hybridized carbons (Fsp3) is 0.263. The monoisotopic (exact) mass is 440 g/mol. The molecule has 0 aliphatic carbocycles. The first-order chi connectivity index (χ1) is 13.8. The van der Waals surface area contributed by atoms with Crippen molar-refractivity contribution in [2.75, 3.05) is 19.0 Å². The summed E-state index contributed by atoms with van der Waals surface area (Å²) in [5.41, 5.74) is 1.91. The summed E-state index contributed by atoms with van der Waals surface area (Å²) in [5, 5.41) is 2.39. The summed E-state index contributed by atoms with van der Waals surface area (Å²) in [5.74, 6) is 0.790. The number of hydrogen-bond acceptors (Lipinski definition) is 6. The van der Waals surface area contributed by atoms with Gasteiger partial charge in [0.05, 0.1) is 11.4 Å². The third kappa shape index (κ3) is 7.63. The Balaban J connectivity index is 1.73. The molecule has 0 heterocycles. The molecule has 0 spiro atoms. The first-order valence-electron chi connectivity index (χ1n) is 8.67. The smallest absolute Gasteiger partial charge is 0.421 e. The van der Waals surface area contributed by atoms with E-state index in [0.717, 1.165) is 11.1 Å². The van der Waals surface area contributed by atoms with E-state index in [1.807, 2.05) is 6.92 Å². The number of ether oxygens (including phenoxy) is 2. The van der Waals surface area contributed by atoms with Gasteiger partial charge in [0.1, 0.15) is 12.4 Å². The molecule has 0 saturated heterocycles. The van der Waals surface area contributed by atoms with Crippen LogP contribution in [-0.4, -0.2) is 39.6 Å². The maximum absolute atomic E-state index is 12.2. The van der Waals surface area contributed by atoms with Gasteiger partial charge in [-0.1, -0.05) is 29.8 Å². The quantitative estimate of drug-likeness (QED) is 0.482. The average Bonchev–Trinajstić information content (AvgIpc) is 2.67. The van der Waals surface area contributed by atoms with Crippen LogP contribution in [-0.2, 0) is 21.2 Å². The highest BCUT2D eigenvalue weighted by Gasteiger charge is 2.18. The largest absolute Gasteiger partial charge is 0.447 e. The second kappa shape index (κ2) is 10.7. The van der Waals surface area contributed by atoms with Crippen LogP contribution >= 0.6 is 11.6 Å². The van der Waals surface area contributed by atoms with Gasteiger partial charge in [0.25, 0.3) is 10.0 Å². The molecule has 29 heavy (non-hydrogen) atoms. The molecule has 0 aromatic heterocycles. The van der Waals surface area contributed by atoms with E-state index >= 15 is 0 Å². The molecule has 0 aliphatic heterocycles. The van der Waals surface area contributed by atoms with Crippen molar-refractivity contribution in [2.24, 2.45) is 0 Å². The van der Waals surface area contributed by atoms with Crippen molar-refractivity contribution in [1.82, 2.24) is 10.0 Å². The molecule has 0 atom stereocenters. The molecule has 0 fully saturated rings. The van der Waals surface area contributed by atoms with Crippen molar-refractivity contribution in [2.45, 2.75) is 18.2 Å². The second-order valence-corrected chi connectivity index (χ2v) is 8.01. The summed E-state index contributed by atoms with van der Waals surface area (Å²) in [6.45, 7) is 1.62. The van der Waals surface area contributed by atoms with Crippen LogP contribution in [0.4, 0.5) is 9.59 Å². The predicted octanol–water partition coefficient (Wildman–Crippen LogP) is 2.98. The Morgan fingerprint density at radius 2 is 1.66 bits per heavy atom. The number of hydrogen-bond donors (Lipinski definition) is 2. The third-order valence-corrected chi connectivity index (χ3v) is 5.19. The lowest BCUT2D eigenvalue weighted by Crippen LogP contribution is -2.34. The van der Waals surface area contributed by atoms with Crippen LogP contribution < -0.4 is 14.8 Å². The Bertz CT molecular complexity index is 930. The van der Waals surface area contributed by atoms with Crippen LogP contribution in [0, 0.1) is 6.92 Å². The number of halogens is 1. The Kier molecular flexibility index (Phi) is 8.29. The Morgan fingerprint density at radius 1 is 1.00 bits per heavy atom. The van der Waals surface area contributed by atoms with Gasteiger partial charge in [-0.05, 0) is 43.2 Å². The van der Waals surface area contributed by atoms with Crippen molar-refractivity contribution in [3.8, 4) is 5.75 Å². The molecule has 0 unspecified atom stereocenters. The number of aryl methyl sites for hydroxylation is 2. The lowest BCUT2D eigenvalue weighted by atomic mass is 10.2. The number of carbonyl (C=O) groups excluding carboxylic acids is 2. The minimum Gasteiger partial charge on any atom is -0.447 e. The highest BCUT2D eigenvalue weighted by atomic mass is 35.5. The van der Waals surface area contributed by atoms with Gasteiger partial charge in [-0.2, -0.15) is 0 Å². The van der Waals surface area contributed by atoms with Gasteiger partial charge in [-0.15, -0.1) is 11.6 Å². The Labute approximate surface area is 174 Å². The number of amides is 2. The summed E-state index contributed by atoms with van der Waals surface area (Å²) in [4.78, 5) is 23.3. The average molecular weight is 441 g/mol. The van der Waals surface area contributed by atoms with E-state index in [4.69, 9.17) is 21.1 Å². The summed E-state index contributed by atoms with van der Waals surface area (Å²) in [6, 6.07) is 12.9. The van der Waals surface area contributed by atoms with E-state index in [2.05, 4.69) is 5.32 Å². The summed E-state index contributed by atoms with van der Waals surface area (Å²) < 4.78 is 35.9. The van der Waals surface area contributed by atoms with E-state index in [0.29, 0.717) is 18.1 Å². The minimum atomic E-state index is -4.06. The van der Waals surface area contributed by atoms with Gasteiger partial charge in [-0.3, -0.25) is 0 Å². The van der Waals surface area contributed by atoms with Gasteiger partial charge in [-0.25, -0.2) is 22.7 Å². The van der Waals surface area contributed by atoms with Crippen LogP contribution in [0.3, 0.4) is 0 Å². The third-order valence-electron chi connectivity index (χ3n) is 3.67. The van der Waals surface area contributed by atoms with Crippen LogP contribution in [0.2, 0.25) is 0 Å². The number of sulfonamides is 1. The van der Waals surface area contributed by atoms with Crippen LogP contribution in [0.25, 0.3) is 0 Å². The van der Waals surface area contributed by atoms with Crippen molar-refractivity contribution in [3.63, 3.8) is 0 Å². The Hall–Kier alpha value is -2.78. The molecule has 2 aromatic carbocycles. The molecule has 2 N–H and O–H groups in total. The van der Waals surface area contributed by atoms with E-state index in [1.165, 1.54) is 12.1 Å². The standard InChI is InChI=1S/C19H21ClN2O6S/c1-14-2-6-16(7-3-14)28-18(23)21-12-13-27-19(24)22-29(25,26)17-8-4-15(5-9-17)10-11-20/h2-9H,10-13H2,1H3,(H,21,23)(H,22,24). The highest BCUT2D eigenvalue weighted by Crippen LogP contribution is 2.12. The molecule has 0 saturated carbocycles. The van der Waals surface area contributed by atoms with Crippen molar-refractivity contribution in [1.29, 1.82) is 0 Å². The molecule has 156 valence electrons. The Morgan fingerprint density at radius 3 is 2.28 bits per heavy atom. The van der Waals surface area contributed by atoms with Crippen molar-refractivity contribution >= 4 is 33.8 Å². The number of alkyl halides is 1. The molecule has 0 bridgehead atoms. The normalized spacial score (nSPS) is 10.8. The van der Waals surface area contributed by atoms with Gasteiger partial charge in [0.15, 0.2) is 0 Å². The van der Waals surface area contributed by atoms with Crippen LogP contribution in [0.15, 0.2) is 53.4 Å². The molecule has 2 aromatic rings. The van der Waals surface area contributed by atoms with Gasteiger partial charge in [0, 0.05) is 5.88 Å². The van der Waals surface area contributed by atoms with Crippen LogP contribution in [0.5, 0.6) is 5.75 Å². The molecule has 0 radical (unpaired) electrons. The van der Waals surface area contributed by atoms with Gasteiger partial charge < -0.3 is 14.8 Å². The van der Waals surface area contributed by atoms with Crippen molar-refractivity contribution < 1.29 is 27.5 Å².